The minimum Gasteiger partial charge on any atom is -0.361 e. The van der Waals surface area contributed by atoms with Crippen molar-refractivity contribution in [1.29, 1.82) is 0 Å². The minimum atomic E-state index is -1.34. The molecule has 0 bridgehead atoms. The number of imide groups is 1. The molecule has 0 unspecified atom stereocenters. The first-order valence-corrected chi connectivity index (χ1v) is 12.7. The van der Waals surface area contributed by atoms with Crippen LogP contribution in [0.3, 0.4) is 0 Å². The zero-order valence-corrected chi connectivity index (χ0v) is 20.6. The number of anilines is 2. The van der Waals surface area contributed by atoms with E-state index in [9.17, 15) is 14.4 Å². The predicted molar refractivity (Wildman–Crippen MR) is 139 cm³/mol. The van der Waals surface area contributed by atoms with Gasteiger partial charge in [-0.3, -0.25) is 19.7 Å². The maximum absolute atomic E-state index is 14.0. The summed E-state index contributed by atoms with van der Waals surface area (Å²) < 4.78 is 0.798. The lowest BCUT2D eigenvalue weighted by molar-refractivity contribution is -0.130. The van der Waals surface area contributed by atoms with Crippen molar-refractivity contribution < 1.29 is 14.4 Å². The summed E-state index contributed by atoms with van der Waals surface area (Å²) in [7, 11) is 0. The molecule has 3 aliphatic heterocycles. The van der Waals surface area contributed by atoms with E-state index in [0.717, 1.165) is 20.9 Å². The lowest BCUT2D eigenvalue weighted by Crippen LogP contribution is -2.53. The summed E-state index contributed by atoms with van der Waals surface area (Å²) in [5, 5.41) is 7.54. The average molecular weight is 541 g/mol. The number of hydrogen-bond donors (Lipinski definition) is 3. The summed E-state index contributed by atoms with van der Waals surface area (Å²) in [6.45, 7) is 0. The monoisotopic (exact) mass is 540 g/mol. The number of amides is 3. The van der Waals surface area contributed by atoms with Crippen LogP contribution in [0, 0.1) is 11.8 Å². The van der Waals surface area contributed by atoms with Gasteiger partial charge in [0.05, 0.1) is 17.5 Å². The summed E-state index contributed by atoms with van der Waals surface area (Å²) in [4.78, 5) is 46.2. The highest BCUT2D eigenvalue weighted by Gasteiger charge is 2.70. The van der Waals surface area contributed by atoms with Gasteiger partial charge < -0.3 is 10.3 Å². The molecular formula is C28H21BrN4O3. The van der Waals surface area contributed by atoms with Gasteiger partial charge in [0.15, 0.2) is 0 Å². The van der Waals surface area contributed by atoms with E-state index in [2.05, 4.69) is 31.5 Å². The van der Waals surface area contributed by atoms with Crippen molar-refractivity contribution in [3.63, 3.8) is 0 Å². The molecule has 2 saturated heterocycles. The molecule has 8 heteroatoms. The van der Waals surface area contributed by atoms with Crippen LogP contribution < -0.4 is 15.5 Å². The molecule has 7 rings (SSSR count). The maximum atomic E-state index is 14.0. The molecule has 3 aliphatic rings. The van der Waals surface area contributed by atoms with Crippen LogP contribution >= 0.6 is 15.9 Å². The molecule has 7 nitrogen and oxygen atoms in total. The fraction of sp³-hybridized carbons (Fsp3) is 0.179. The van der Waals surface area contributed by atoms with Crippen LogP contribution in [0.4, 0.5) is 11.4 Å². The van der Waals surface area contributed by atoms with Crippen LogP contribution in [0.2, 0.25) is 0 Å². The topological polar surface area (TPSA) is 94.3 Å². The van der Waals surface area contributed by atoms with Gasteiger partial charge in [-0.05, 0) is 48.4 Å². The van der Waals surface area contributed by atoms with Crippen molar-refractivity contribution in [2.45, 2.75) is 18.0 Å². The SMILES string of the molecule is O=C1[C@H]2[C@@H](C(=O)N1c1ccccc1)[C@]1(N[C@@H]2Cc2c[nH]c3ccccc23)C(=O)Nc2ccc(Br)cc21. The number of H-pyrrole nitrogens is 1. The first kappa shape index (κ1) is 21.5. The Labute approximate surface area is 215 Å². The summed E-state index contributed by atoms with van der Waals surface area (Å²) >= 11 is 3.52. The Morgan fingerprint density at radius 3 is 2.53 bits per heavy atom. The number of aromatic amines is 1. The predicted octanol–water partition coefficient (Wildman–Crippen LogP) is 4.10. The highest BCUT2D eigenvalue weighted by Crippen LogP contribution is 2.54. The molecule has 4 heterocycles. The second-order valence-electron chi connectivity index (χ2n) is 9.62. The standard InChI is InChI=1S/C28H21BrN4O3/c29-16-10-11-21-19(13-16)28(27(36)31-21)24-23(25(34)33(26(24)35)17-6-2-1-3-7-17)22(32-28)12-15-14-30-20-9-5-4-8-18(15)20/h1-11,13-14,22-24,30,32H,12H2,(H,31,36)/t22-,23-,24+,28+/m1/s1. The molecule has 3 amide bonds. The van der Waals surface area contributed by atoms with Crippen LogP contribution in [-0.2, 0) is 26.3 Å². The van der Waals surface area contributed by atoms with Crippen LogP contribution in [-0.4, -0.2) is 28.7 Å². The molecule has 178 valence electrons. The van der Waals surface area contributed by atoms with Crippen molar-refractivity contribution >= 4 is 55.9 Å². The first-order chi connectivity index (χ1) is 17.5. The van der Waals surface area contributed by atoms with Gasteiger partial charge in [-0.15, -0.1) is 0 Å². The van der Waals surface area contributed by atoms with Crippen molar-refractivity contribution in [3.05, 3.63) is 94.6 Å². The number of nitrogens with zero attached hydrogens (tertiary/aromatic N) is 1. The Balaban J connectivity index is 1.39. The number of halogens is 1. The van der Waals surface area contributed by atoms with Gasteiger partial charge in [0.2, 0.25) is 17.7 Å². The second kappa shape index (κ2) is 7.62. The Bertz CT molecular complexity index is 1580. The number of benzene rings is 3. The largest absolute Gasteiger partial charge is 0.361 e. The Morgan fingerprint density at radius 2 is 1.69 bits per heavy atom. The second-order valence-corrected chi connectivity index (χ2v) is 10.5. The van der Waals surface area contributed by atoms with Crippen LogP contribution in [0.25, 0.3) is 10.9 Å². The molecule has 0 saturated carbocycles. The third-order valence-corrected chi connectivity index (χ3v) is 8.30. The van der Waals surface area contributed by atoms with E-state index in [1.165, 1.54) is 4.90 Å². The zero-order chi connectivity index (χ0) is 24.6. The smallest absolute Gasteiger partial charge is 0.250 e. The number of carbonyl (C=O) groups excluding carboxylic acids is 3. The van der Waals surface area contributed by atoms with Crippen LogP contribution in [0.5, 0.6) is 0 Å². The summed E-state index contributed by atoms with van der Waals surface area (Å²) in [6, 6.07) is 22.1. The molecule has 3 N–H and O–H groups in total. The van der Waals surface area contributed by atoms with E-state index in [1.807, 2.05) is 54.7 Å². The fourth-order valence-electron chi connectivity index (χ4n) is 6.32. The quantitative estimate of drug-likeness (QED) is 0.341. The molecule has 4 aromatic rings. The zero-order valence-electron chi connectivity index (χ0n) is 19.0. The third kappa shape index (κ3) is 2.79. The van der Waals surface area contributed by atoms with Gasteiger partial charge >= 0.3 is 0 Å². The van der Waals surface area contributed by atoms with Crippen molar-refractivity contribution in [3.8, 4) is 0 Å². The number of aromatic nitrogens is 1. The van der Waals surface area contributed by atoms with Gasteiger partial charge in [-0.25, -0.2) is 4.90 Å². The molecule has 1 aromatic heterocycles. The fourth-order valence-corrected chi connectivity index (χ4v) is 6.68. The lowest BCUT2D eigenvalue weighted by atomic mass is 9.76. The number of carbonyl (C=O) groups is 3. The van der Waals surface area contributed by atoms with E-state index in [0.29, 0.717) is 23.4 Å². The lowest BCUT2D eigenvalue weighted by Gasteiger charge is -2.29. The van der Waals surface area contributed by atoms with Crippen molar-refractivity contribution in [2.24, 2.45) is 11.8 Å². The van der Waals surface area contributed by atoms with Crippen LogP contribution in [0.15, 0.2) is 83.5 Å². The number of nitrogens with one attached hydrogen (secondary N) is 3. The van der Waals surface area contributed by atoms with E-state index in [4.69, 9.17) is 0 Å². The van der Waals surface area contributed by atoms with Gasteiger partial charge in [-0.1, -0.05) is 52.3 Å². The normalized spacial score (nSPS) is 26.6. The minimum absolute atomic E-state index is 0.276. The summed E-state index contributed by atoms with van der Waals surface area (Å²) in [5.74, 6) is -2.49. The number of fused-ring (bicyclic) bond motifs is 5. The molecule has 4 atom stereocenters. The van der Waals surface area contributed by atoms with Gasteiger partial charge in [0.25, 0.3) is 0 Å². The summed E-state index contributed by atoms with van der Waals surface area (Å²) in [6.07, 6.45) is 2.44. The van der Waals surface area contributed by atoms with Gasteiger partial charge in [0, 0.05) is 38.9 Å². The Morgan fingerprint density at radius 1 is 0.917 bits per heavy atom. The number of rotatable bonds is 3. The number of para-hydroxylation sites is 2. The highest BCUT2D eigenvalue weighted by atomic mass is 79.9. The molecule has 2 fully saturated rings. The van der Waals surface area contributed by atoms with Gasteiger partial charge in [-0.2, -0.15) is 0 Å². The molecule has 1 spiro atoms. The highest BCUT2D eigenvalue weighted by molar-refractivity contribution is 9.10. The molecule has 3 aromatic carbocycles. The molecule has 0 aliphatic carbocycles. The van der Waals surface area contributed by atoms with E-state index < -0.39 is 23.4 Å². The number of hydrogen-bond acceptors (Lipinski definition) is 4. The third-order valence-electron chi connectivity index (χ3n) is 7.81. The maximum Gasteiger partial charge on any atom is 0.250 e. The summed E-state index contributed by atoms with van der Waals surface area (Å²) in [5.41, 5.74) is 2.57. The van der Waals surface area contributed by atoms with Gasteiger partial charge in [0.1, 0.15) is 5.54 Å². The van der Waals surface area contributed by atoms with E-state index >= 15 is 0 Å². The van der Waals surface area contributed by atoms with Crippen LogP contribution in [0.1, 0.15) is 11.1 Å². The molecular weight excluding hydrogens is 520 g/mol. The average Bonchev–Trinajstić information content (AvgIpc) is 3.59. The van der Waals surface area contributed by atoms with Crippen molar-refractivity contribution in [2.75, 3.05) is 10.2 Å². The van der Waals surface area contributed by atoms with E-state index in [1.54, 1.807) is 24.3 Å². The Kier molecular flexibility index (Phi) is 4.56. The van der Waals surface area contributed by atoms with E-state index in [-0.39, 0.29) is 17.7 Å². The molecule has 0 radical (unpaired) electrons. The Hall–Kier alpha value is -3.75. The first-order valence-electron chi connectivity index (χ1n) is 11.9. The molecule has 36 heavy (non-hydrogen) atoms. The van der Waals surface area contributed by atoms with Crippen molar-refractivity contribution in [1.82, 2.24) is 10.3 Å².